The van der Waals surface area contributed by atoms with Crippen molar-refractivity contribution in [3.8, 4) is 0 Å². The topological polar surface area (TPSA) is 60.8 Å². The van der Waals surface area contributed by atoms with Gasteiger partial charge in [-0.15, -0.1) is 0 Å². The van der Waals surface area contributed by atoms with Gasteiger partial charge in [0, 0.05) is 6.04 Å². The quantitative estimate of drug-likeness (QED) is 0.863. The van der Waals surface area contributed by atoms with Crippen LogP contribution in [0.15, 0.2) is 24.3 Å². The van der Waals surface area contributed by atoms with E-state index in [-0.39, 0.29) is 12.1 Å². The van der Waals surface area contributed by atoms with E-state index in [9.17, 15) is 15.0 Å². The first-order valence-electron chi connectivity index (χ1n) is 6.90. The lowest BCUT2D eigenvalue weighted by molar-refractivity contribution is -0.0716. The van der Waals surface area contributed by atoms with Crippen molar-refractivity contribution in [1.82, 2.24) is 4.90 Å². The molecule has 102 valence electrons. The Balaban J connectivity index is 1.83. The van der Waals surface area contributed by atoms with Gasteiger partial charge in [0.15, 0.2) is 0 Å². The SMILES string of the molecule is O=C(O)c1ccccc1CC1C(O)C2CCN1CC2. The molecule has 3 aliphatic heterocycles. The Bertz CT molecular complexity index is 478. The molecule has 2 bridgehead atoms. The molecule has 4 rings (SSSR count). The molecule has 4 heteroatoms. The molecule has 1 aromatic carbocycles. The Kier molecular flexibility index (Phi) is 3.29. The first-order valence-corrected chi connectivity index (χ1v) is 6.90. The molecular formula is C15H19NO3. The Morgan fingerprint density at radius 3 is 2.58 bits per heavy atom. The van der Waals surface area contributed by atoms with Crippen LogP contribution in [-0.2, 0) is 6.42 Å². The fourth-order valence-electron chi connectivity index (χ4n) is 3.50. The fourth-order valence-corrected chi connectivity index (χ4v) is 3.50. The third kappa shape index (κ3) is 2.26. The zero-order valence-corrected chi connectivity index (χ0v) is 10.8. The van der Waals surface area contributed by atoms with E-state index in [1.807, 2.05) is 12.1 Å². The van der Waals surface area contributed by atoms with E-state index in [1.165, 1.54) is 0 Å². The van der Waals surface area contributed by atoms with Crippen LogP contribution in [0.1, 0.15) is 28.8 Å². The Hall–Kier alpha value is -1.39. The highest BCUT2D eigenvalue weighted by Gasteiger charge is 2.41. The van der Waals surface area contributed by atoms with Gasteiger partial charge in [-0.05, 0) is 49.9 Å². The second-order valence-corrected chi connectivity index (χ2v) is 5.60. The van der Waals surface area contributed by atoms with Gasteiger partial charge in [0.05, 0.1) is 11.7 Å². The fraction of sp³-hybridized carbons (Fsp3) is 0.533. The average molecular weight is 261 g/mol. The molecule has 4 nitrogen and oxygen atoms in total. The van der Waals surface area contributed by atoms with Crippen LogP contribution in [0.3, 0.4) is 0 Å². The lowest BCUT2D eigenvalue weighted by atomic mass is 9.78. The van der Waals surface area contributed by atoms with Gasteiger partial charge in [-0.3, -0.25) is 4.90 Å². The van der Waals surface area contributed by atoms with Crippen LogP contribution in [0.2, 0.25) is 0 Å². The Labute approximate surface area is 112 Å². The highest BCUT2D eigenvalue weighted by molar-refractivity contribution is 5.89. The third-order valence-corrected chi connectivity index (χ3v) is 4.60. The van der Waals surface area contributed by atoms with E-state index in [0.717, 1.165) is 31.5 Å². The van der Waals surface area contributed by atoms with E-state index in [0.29, 0.717) is 17.9 Å². The van der Waals surface area contributed by atoms with Gasteiger partial charge >= 0.3 is 5.97 Å². The van der Waals surface area contributed by atoms with E-state index < -0.39 is 5.97 Å². The molecule has 3 heterocycles. The molecule has 3 saturated heterocycles. The van der Waals surface area contributed by atoms with Crippen molar-refractivity contribution < 1.29 is 15.0 Å². The van der Waals surface area contributed by atoms with Gasteiger partial charge in [0.1, 0.15) is 0 Å². The molecule has 0 aliphatic carbocycles. The van der Waals surface area contributed by atoms with E-state index in [4.69, 9.17) is 0 Å². The number of benzene rings is 1. The van der Waals surface area contributed by atoms with Gasteiger partial charge in [0.25, 0.3) is 0 Å². The van der Waals surface area contributed by atoms with Crippen LogP contribution < -0.4 is 0 Å². The molecule has 2 unspecified atom stereocenters. The number of carbonyl (C=O) groups is 1. The standard InChI is InChI=1S/C15H19NO3/c17-14-10-5-7-16(8-6-10)13(14)9-11-3-1-2-4-12(11)15(18)19/h1-4,10,13-14,17H,5-9H2,(H,18,19). The van der Waals surface area contributed by atoms with Crippen LogP contribution in [0.4, 0.5) is 0 Å². The number of carboxylic acid groups (broad SMARTS) is 1. The zero-order chi connectivity index (χ0) is 13.4. The third-order valence-electron chi connectivity index (χ3n) is 4.60. The van der Waals surface area contributed by atoms with Crippen molar-refractivity contribution in [1.29, 1.82) is 0 Å². The summed E-state index contributed by atoms with van der Waals surface area (Å²) in [6.45, 7) is 2.06. The van der Waals surface area contributed by atoms with Crippen LogP contribution in [0.25, 0.3) is 0 Å². The maximum atomic E-state index is 11.2. The minimum absolute atomic E-state index is 0.0769. The summed E-state index contributed by atoms with van der Waals surface area (Å²) in [5.41, 5.74) is 1.18. The first kappa shape index (κ1) is 12.6. The number of hydrogen-bond donors (Lipinski definition) is 2. The van der Waals surface area contributed by atoms with Crippen molar-refractivity contribution in [2.75, 3.05) is 13.1 Å². The molecule has 19 heavy (non-hydrogen) atoms. The molecule has 0 spiro atoms. The number of rotatable bonds is 3. The van der Waals surface area contributed by atoms with E-state index in [1.54, 1.807) is 12.1 Å². The number of aliphatic hydroxyl groups excluding tert-OH is 1. The van der Waals surface area contributed by atoms with Crippen molar-refractivity contribution in [3.63, 3.8) is 0 Å². The molecule has 3 fully saturated rings. The molecule has 2 atom stereocenters. The van der Waals surface area contributed by atoms with Crippen LogP contribution in [-0.4, -0.2) is 46.3 Å². The summed E-state index contributed by atoms with van der Waals surface area (Å²) in [6.07, 6.45) is 2.45. The van der Waals surface area contributed by atoms with E-state index >= 15 is 0 Å². The second kappa shape index (κ2) is 4.94. The zero-order valence-electron chi connectivity index (χ0n) is 10.8. The predicted octanol–water partition coefficient (Wildman–Crippen LogP) is 1.38. The lowest BCUT2D eigenvalue weighted by Gasteiger charge is -2.49. The normalized spacial score (nSPS) is 33.3. The molecule has 0 saturated carbocycles. The highest BCUT2D eigenvalue weighted by Crippen LogP contribution is 2.34. The number of nitrogens with zero attached hydrogens (tertiary/aromatic N) is 1. The van der Waals surface area contributed by atoms with Crippen LogP contribution >= 0.6 is 0 Å². The van der Waals surface area contributed by atoms with Gasteiger partial charge in [-0.1, -0.05) is 18.2 Å². The van der Waals surface area contributed by atoms with E-state index in [2.05, 4.69) is 4.90 Å². The minimum Gasteiger partial charge on any atom is -0.478 e. The summed E-state index contributed by atoms with van der Waals surface area (Å²) >= 11 is 0. The lowest BCUT2D eigenvalue weighted by Crippen LogP contribution is -2.58. The number of aliphatic hydroxyl groups is 1. The van der Waals surface area contributed by atoms with Crippen molar-refractivity contribution in [3.05, 3.63) is 35.4 Å². The number of piperidine rings is 3. The summed E-state index contributed by atoms with van der Waals surface area (Å²) in [5, 5.41) is 19.6. The number of aromatic carboxylic acids is 1. The average Bonchev–Trinajstić information content (AvgIpc) is 2.43. The maximum absolute atomic E-state index is 11.2. The highest BCUT2D eigenvalue weighted by atomic mass is 16.4. The molecule has 0 radical (unpaired) electrons. The summed E-state index contributed by atoms with van der Waals surface area (Å²) < 4.78 is 0. The molecule has 2 N–H and O–H groups in total. The summed E-state index contributed by atoms with van der Waals surface area (Å²) in [6, 6.07) is 7.19. The molecule has 0 aromatic heterocycles. The Morgan fingerprint density at radius 2 is 1.95 bits per heavy atom. The summed E-state index contributed by atoms with van der Waals surface area (Å²) in [5.74, 6) is -0.493. The van der Waals surface area contributed by atoms with Crippen LogP contribution in [0.5, 0.6) is 0 Å². The molecule has 3 aliphatic rings. The smallest absolute Gasteiger partial charge is 0.335 e. The Morgan fingerprint density at radius 1 is 1.26 bits per heavy atom. The monoisotopic (exact) mass is 261 g/mol. The second-order valence-electron chi connectivity index (χ2n) is 5.60. The molecule has 0 amide bonds. The van der Waals surface area contributed by atoms with Gasteiger partial charge in [0.2, 0.25) is 0 Å². The number of fused-ring (bicyclic) bond motifs is 3. The first-order chi connectivity index (χ1) is 9.16. The summed E-state index contributed by atoms with van der Waals surface area (Å²) in [4.78, 5) is 13.5. The molecular weight excluding hydrogens is 242 g/mol. The summed E-state index contributed by atoms with van der Waals surface area (Å²) in [7, 11) is 0. The minimum atomic E-state index is -0.888. The predicted molar refractivity (Wildman–Crippen MR) is 71.2 cm³/mol. The molecule has 1 aromatic rings. The van der Waals surface area contributed by atoms with Gasteiger partial charge < -0.3 is 10.2 Å². The van der Waals surface area contributed by atoms with Crippen molar-refractivity contribution in [2.45, 2.75) is 31.4 Å². The maximum Gasteiger partial charge on any atom is 0.335 e. The van der Waals surface area contributed by atoms with Gasteiger partial charge in [-0.2, -0.15) is 0 Å². The van der Waals surface area contributed by atoms with Crippen molar-refractivity contribution in [2.24, 2.45) is 5.92 Å². The van der Waals surface area contributed by atoms with Crippen molar-refractivity contribution >= 4 is 5.97 Å². The van der Waals surface area contributed by atoms with Gasteiger partial charge in [-0.25, -0.2) is 4.79 Å². The largest absolute Gasteiger partial charge is 0.478 e. The number of carboxylic acids is 1. The van der Waals surface area contributed by atoms with Crippen LogP contribution in [0, 0.1) is 5.92 Å². The number of hydrogen-bond acceptors (Lipinski definition) is 3.